The van der Waals surface area contributed by atoms with Crippen molar-refractivity contribution in [1.82, 2.24) is 4.31 Å². The van der Waals surface area contributed by atoms with Gasteiger partial charge in [0.1, 0.15) is 5.58 Å². The summed E-state index contributed by atoms with van der Waals surface area (Å²) in [5, 5.41) is 3.07. The molecule has 1 saturated heterocycles. The number of rotatable bonds is 4. The number of fused-ring (bicyclic) bond motifs is 1. The number of benzene rings is 2. The van der Waals surface area contributed by atoms with Crippen molar-refractivity contribution in [2.75, 3.05) is 18.4 Å². The van der Waals surface area contributed by atoms with Crippen molar-refractivity contribution in [3.05, 3.63) is 69.6 Å². The number of anilines is 1. The topological polar surface area (TPSA) is 106 Å². The van der Waals surface area contributed by atoms with Crippen LogP contribution >= 0.6 is 0 Å². The van der Waals surface area contributed by atoms with Crippen LogP contribution in [-0.2, 0) is 14.8 Å². The Balaban J connectivity index is 1.55. The molecule has 4 rings (SSSR count). The van der Waals surface area contributed by atoms with Crippen molar-refractivity contribution in [2.45, 2.75) is 44.8 Å². The minimum absolute atomic E-state index is 0.118. The van der Waals surface area contributed by atoms with Crippen LogP contribution in [0.2, 0.25) is 0 Å². The van der Waals surface area contributed by atoms with Gasteiger partial charge in [0.15, 0.2) is 11.2 Å². The molecule has 1 aliphatic rings. The molecule has 0 bridgehead atoms. The molecule has 2 aromatic carbocycles. The maximum atomic E-state index is 13.0. The first-order valence-electron chi connectivity index (χ1n) is 10.7. The summed E-state index contributed by atoms with van der Waals surface area (Å²) in [5.41, 5.74) is 2.14. The molecule has 1 aromatic heterocycles. The molecule has 174 valence electrons. The molecule has 2 atom stereocenters. The lowest BCUT2D eigenvalue weighted by Crippen LogP contribution is -2.48. The van der Waals surface area contributed by atoms with Gasteiger partial charge in [0, 0.05) is 24.8 Å². The van der Waals surface area contributed by atoms with Gasteiger partial charge in [0.05, 0.1) is 22.5 Å². The molecule has 0 aliphatic carbocycles. The molecular weight excluding hydrogens is 444 g/mol. The lowest BCUT2D eigenvalue weighted by Gasteiger charge is -2.34. The first-order valence-corrected chi connectivity index (χ1v) is 12.1. The highest BCUT2D eigenvalue weighted by molar-refractivity contribution is 7.89. The normalized spacial score (nSPS) is 19.5. The quantitative estimate of drug-likeness (QED) is 0.626. The van der Waals surface area contributed by atoms with Crippen LogP contribution in [0.4, 0.5) is 5.69 Å². The molecule has 33 heavy (non-hydrogen) atoms. The molecule has 1 N–H and O–H groups in total. The number of hydrogen-bond acceptors (Lipinski definition) is 6. The Morgan fingerprint density at radius 1 is 1.03 bits per heavy atom. The first-order chi connectivity index (χ1) is 15.5. The van der Waals surface area contributed by atoms with Crippen LogP contribution in [0.25, 0.3) is 11.0 Å². The summed E-state index contributed by atoms with van der Waals surface area (Å²) in [6, 6.07) is 10.7. The number of carbonyl (C=O) groups excluding carboxylic acids is 1. The van der Waals surface area contributed by atoms with Crippen LogP contribution in [-0.4, -0.2) is 43.9 Å². The van der Waals surface area contributed by atoms with Gasteiger partial charge in [-0.25, -0.2) is 8.42 Å². The minimum atomic E-state index is -3.68. The highest BCUT2D eigenvalue weighted by Crippen LogP contribution is 2.23. The number of aryl methyl sites for hydroxylation is 2. The summed E-state index contributed by atoms with van der Waals surface area (Å²) < 4.78 is 38.7. The summed E-state index contributed by atoms with van der Waals surface area (Å²) >= 11 is 0. The summed E-state index contributed by atoms with van der Waals surface area (Å²) in [6.07, 6.45) is -0.377. The minimum Gasteiger partial charge on any atom is -0.450 e. The third-order valence-electron chi connectivity index (χ3n) is 5.52. The van der Waals surface area contributed by atoms with Crippen LogP contribution in [0.1, 0.15) is 35.5 Å². The summed E-state index contributed by atoms with van der Waals surface area (Å²) in [7, 11) is -3.68. The SMILES string of the molecule is Cc1cc(C)c2oc(C(=O)Nc3ccc(S(=O)(=O)N4C[C@H](C)O[C@@H](C)C4)cc3)cc(=O)c2c1. The van der Waals surface area contributed by atoms with Gasteiger partial charge in [-0.15, -0.1) is 0 Å². The van der Waals surface area contributed by atoms with Gasteiger partial charge in [-0.2, -0.15) is 4.31 Å². The van der Waals surface area contributed by atoms with Crippen molar-refractivity contribution in [2.24, 2.45) is 0 Å². The van der Waals surface area contributed by atoms with E-state index in [9.17, 15) is 18.0 Å². The molecule has 1 fully saturated rings. The second kappa shape index (κ2) is 8.74. The smallest absolute Gasteiger partial charge is 0.291 e. The van der Waals surface area contributed by atoms with Gasteiger partial charge < -0.3 is 14.5 Å². The van der Waals surface area contributed by atoms with Crippen molar-refractivity contribution >= 4 is 32.6 Å². The molecule has 3 aromatic rings. The monoisotopic (exact) mass is 470 g/mol. The van der Waals surface area contributed by atoms with Crippen LogP contribution in [0.5, 0.6) is 0 Å². The van der Waals surface area contributed by atoms with Gasteiger partial charge in [-0.05, 0) is 69.2 Å². The van der Waals surface area contributed by atoms with E-state index in [1.165, 1.54) is 28.6 Å². The van der Waals surface area contributed by atoms with E-state index in [4.69, 9.17) is 9.15 Å². The number of ether oxygens (including phenoxy) is 1. The largest absolute Gasteiger partial charge is 0.450 e. The Labute approximate surface area is 192 Å². The molecule has 8 nitrogen and oxygen atoms in total. The zero-order chi connectivity index (χ0) is 23.9. The maximum absolute atomic E-state index is 13.0. The number of sulfonamides is 1. The Morgan fingerprint density at radius 2 is 1.67 bits per heavy atom. The maximum Gasteiger partial charge on any atom is 0.291 e. The zero-order valence-corrected chi connectivity index (χ0v) is 19.7. The molecule has 1 aliphatic heterocycles. The van der Waals surface area contributed by atoms with E-state index in [1.807, 2.05) is 33.8 Å². The number of carbonyl (C=O) groups is 1. The lowest BCUT2D eigenvalue weighted by atomic mass is 10.1. The van der Waals surface area contributed by atoms with Crippen LogP contribution in [0, 0.1) is 13.8 Å². The van der Waals surface area contributed by atoms with Crippen LogP contribution in [0.15, 0.2) is 56.6 Å². The summed E-state index contributed by atoms with van der Waals surface area (Å²) in [4.78, 5) is 25.3. The molecule has 2 heterocycles. The van der Waals surface area contributed by atoms with Crippen molar-refractivity contribution in [3.8, 4) is 0 Å². The second-order valence-electron chi connectivity index (χ2n) is 8.49. The molecular formula is C24H26N2O6S. The van der Waals surface area contributed by atoms with E-state index in [2.05, 4.69) is 5.32 Å². The molecule has 0 unspecified atom stereocenters. The Morgan fingerprint density at radius 3 is 2.30 bits per heavy atom. The van der Waals surface area contributed by atoms with Crippen molar-refractivity contribution < 1.29 is 22.4 Å². The van der Waals surface area contributed by atoms with Crippen molar-refractivity contribution in [3.63, 3.8) is 0 Å². The zero-order valence-electron chi connectivity index (χ0n) is 18.9. The second-order valence-corrected chi connectivity index (χ2v) is 10.4. The summed E-state index contributed by atoms with van der Waals surface area (Å²) in [5.74, 6) is -0.715. The molecule has 0 spiro atoms. The standard InChI is InChI=1S/C24H26N2O6S/c1-14-9-15(2)23-20(10-14)21(27)11-22(32-23)24(28)25-18-5-7-19(8-6-18)33(29,30)26-12-16(3)31-17(4)13-26/h5-11,16-17H,12-13H2,1-4H3,(H,25,28)/t16-,17-/m0/s1. The molecule has 9 heteroatoms. The first kappa shape index (κ1) is 23.2. The highest BCUT2D eigenvalue weighted by atomic mass is 32.2. The highest BCUT2D eigenvalue weighted by Gasteiger charge is 2.32. The average molecular weight is 471 g/mol. The van der Waals surface area contributed by atoms with Crippen LogP contribution in [0.3, 0.4) is 0 Å². The van der Waals surface area contributed by atoms with E-state index in [0.29, 0.717) is 16.7 Å². The van der Waals surface area contributed by atoms with Crippen molar-refractivity contribution in [1.29, 1.82) is 0 Å². The fourth-order valence-electron chi connectivity index (χ4n) is 4.10. The molecule has 0 saturated carbocycles. The fraction of sp³-hybridized carbons (Fsp3) is 0.333. The van der Waals surface area contributed by atoms with Crippen LogP contribution < -0.4 is 10.7 Å². The predicted octanol–water partition coefficient (Wildman–Crippen LogP) is 3.46. The average Bonchev–Trinajstić information content (AvgIpc) is 2.74. The van der Waals surface area contributed by atoms with Gasteiger partial charge in [0.2, 0.25) is 10.0 Å². The third kappa shape index (κ3) is 4.71. The predicted molar refractivity (Wildman–Crippen MR) is 125 cm³/mol. The van der Waals surface area contributed by atoms with Gasteiger partial charge in [-0.1, -0.05) is 6.07 Å². The Kier molecular flexibility index (Phi) is 6.13. The lowest BCUT2D eigenvalue weighted by molar-refractivity contribution is -0.0440. The van der Waals surface area contributed by atoms with E-state index in [1.54, 1.807) is 6.07 Å². The number of nitrogens with one attached hydrogen (secondary N) is 1. The number of nitrogens with zero attached hydrogens (tertiary/aromatic N) is 1. The van der Waals surface area contributed by atoms with E-state index < -0.39 is 15.9 Å². The number of hydrogen-bond donors (Lipinski definition) is 1. The number of morpholine rings is 1. The molecule has 1 amide bonds. The Hall–Kier alpha value is -3.01. The Bertz CT molecular complexity index is 1370. The van der Waals surface area contributed by atoms with E-state index >= 15 is 0 Å². The van der Waals surface area contributed by atoms with Gasteiger partial charge in [0.25, 0.3) is 5.91 Å². The third-order valence-corrected chi connectivity index (χ3v) is 7.36. The number of amides is 1. The van der Waals surface area contributed by atoms with E-state index in [-0.39, 0.29) is 41.4 Å². The van der Waals surface area contributed by atoms with Gasteiger partial charge >= 0.3 is 0 Å². The van der Waals surface area contributed by atoms with E-state index in [0.717, 1.165) is 17.2 Å². The fourth-order valence-corrected chi connectivity index (χ4v) is 5.69. The summed E-state index contributed by atoms with van der Waals surface area (Å²) in [6.45, 7) is 7.94. The van der Waals surface area contributed by atoms with Gasteiger partial charge in [-0.3, -0.25) is 9.59 Å². The molecule has 0 radical (unpaired) electrons.